The highest BCUT2D eigenvalue weighted by atomic mass is 16.4. The summed E-state index contributed by atoms with van der Waals surface area (Å²) in [5, 5.41) is 18.8. The van der Waals surface area contributed by atoms with Crippen LogP contribution in [0, 0.1) is 0 Å². The third-order valence-corrected chi connectivity index (χ3v) is 3.36. The van der Waals surface area contributed by atoms with Crippen molar-refractivity contribution >= 4 is 22.8 Å². The number of aromatic nitrogens is 1. The van der Waals surface area contributed by atoms with Crippen LogP contribution in [-0.4, -0.2) is 27.1 Å². The van der Waals surface area contributed by atoms with E-state index in [4.69, 9.17) is 5.11 Å². The van der Waals surface area contributed by atoms with E-state index in [1.807, 2.05) is 30.3 Å². The summed E-state index contributed by atoms with van der Waals surface area (Å²) in [5.74, 6) is -2.22. The first kappa shape index (κ1) is 13.8. The average Bonchev–Trinajstić information content (AvgIpc) is 2.53. The number of hydrogen-bond donors (Lipinski definition) is 2. The molecule has 0 saturated heterocycles. The second kappa shape index (κ2) is 5.29. The van der Waals surface area contributed by atoms with Crippen LogP contribution in [0.1, 0.15) is 20.7 Å². The molecule has 2 N–H and O–H groups in total. The molecule has 1 aromatic heterocycles. The van der Waals surface area contributed by atoms with E-state index in [1.165, 1.54) is 24.3 Å². The molecule has 0 aliphatic heterocycles. The summed E-state index contributed by atoms with van der Waals surface area (Å²) in [7, 11) is 0. The Bertz CT molecular complexity index is 888. The Morgan fingerprint density at radius 1 is 0.864 bits per heavy atom. The molecule has 5 nitrogen and oxygen atoms in total. The smallest absolute Gasteiger partial charge is 0.336 e. The molecule has 108 valence electrons. The lowest BCUT2D eigenvalue weighted by molar-refractivity contribution is 0.0685. The predicted octanol–water partition coefficient (Wildman–Crippen LogP) is 3.30. The Morgan fingerprint density at radius 3 is 2.23 bits per heavy atom. The van der Waals surface area contributed by atoms with Crippen LogP contribution in [0.25, 0.3) is 22.2 Å². The average molecular weight is 293 g/mol. The molecule has 0 unspecified atom stereocenters. The molecule has 0 radical (unpaired) electrons. The zero-order chi connectivity index (χ0) is 15.7. The lowest BCUT2D eigenvalue weighted by Crippen LogP contribution is -2.02. The van der Waals surface area contributed by atoms with Crippen LogP contribution >= 0.6 is 0 Å². The van der Waals surface area contributed by atoms with Crippen molar-refractivity contribution in [2.24, 2.45) is 0 Å². The van der Waals surface area contributed by atoms with Crippen molar-refractivity contribution in [1.29, 1.82) is 0 Å². The molecular formula is C17H11NO4. The molecule has 3 aromatic rings. The lowest BCUT2D eigenvalue weighted by Gasteiger charge is -2.08. The SMILES string of the molecule is O=C(O)c1ccc2nc(-c3ccccc3)cc(C(=O)O)c2c1. The zero-order valence-electron chi connectivity index (χ0n) is 11.4. The molecule has 0 spiro atoms. The molecule has 2 aromatic carbocycles. The molecule has 0 amide bonds. The Hall–Kier alpha value is -3.21. The second-order valence-corrected chi connectivity index (χ2v) is 4.76. The van der Waals surface area contributed by atoms with Crippen molar-refractivity contribution in [3.63, 3.8) is 0 Å². The van der Waals surface area contributed by atoms with Gasteiger partial charge in [-0.2, -0.15) is 0 Å². The first-order valence-corrected chi connectivity index (χ1v) is 6.53. The number of rotatable bonds is 3. The van der Waals surface area contributed by atoms with E-state index in [0.717, 1.165) is 5.56 Å². The van der Waals surface area contributed by atoms with Crippen molar-refractivity contribution in [3.8, 4) is 11.3 Å². The first-order chi connectivity index (χ1) is 10.6. The van der Waals surface area contributed by atoms with Crippen molar-refractivity contribution < 1.29 is 19.8 Å². The van der Waals surface area contributed by atoms with Gasteiger partial charge in [0.05, 0.1) is 22.3 Å². The molecule has 1 heterocycles. The van der Waals surface area contributed by atoms with Crippen molar-refractivity contribution in [3.05, 3.63) is 65.7 Å². The monoisotopic (exact) mass is 293 g/mol. The van der Waals surface area contributed by atoms with Crippen LogP contribution in [0.2, 0.25) is 0 Å². The van der Waals surface area contributed by atoms with E-state index >= 15 is 0 Å². The highest BCUT2D eigenvalue weighted by molar-refractivity contribution is 6.05. The van der Waals surface area contributed by atoms with Gasteiger partial charge in [-0.3, -0.25) is 0 Å². The molecule has 0 saturated carbocycles. The van der Waals surface area contributed by atoms with E-state index in [1.54, 1.807) is 0 Å². The summed E-state index contributed by atoms with van der Waals surface area (Å²) in [6.07, 6.45) is 0. The summed E-state index contributed by atoms with van der Waals surface area (Å²) in [6.45, 7) is 0. The quantitative estimate of drug-likeness (QED) is 0.773. The molecule has 0 aliphatic carbocycles. The van der Waals surface area contributed by atoms with Gasteiger partial charge in [-0.25, -0.2) is 14.6 Å². The van der Waals surface area contributed by atoms with Crippen LogP contribution < -0.4 is 0 Å². The van der Waals surface area contributed by atoms with Gasteiger partial charge in [0.15, 0.2) is 0 Å². The number of carbonyl (C=O) groups is 2. The van der Waals surface area contributed by atoms with Crippen LogP contribution in [0.3, 0.4) is 0 Å². The topological polar surface area (TPSA) is 87.5 Å². The summed E-state index contributed by atoms with van der Waals surface area (Å²) in [5.41, 5.74) is 1.85. The molecule has 5 heteroatoms. The van der Waals surface area contributed by atoms with Gasteiger partial charge in [-0.05, 0) is 24.3 Å². The summed E-state index contributed by atoms with van der Waals surface area (Å²) in [4.78, 5) is 27.0. The fraction of sp³-hybridized carbons (Fsp3) is 0. The number of nitrogens with zero attached hydrogens (tertiary/aromatic N) is 1. The van der Waals surface area contributed by atoms with E-state index in [9.17, 15) is 14.7 Å². The van der Waals surface area contributed by atoms with Crippen LogP contribution in [0.4, 0.5) is 0 Å². The van der Waals surface area contributed by atoms with E-state index < -0.39 is 11.9 Å². The van der Waals surface area contributed by atoms with Gasteiger partial charge < -0.3 is 10.2 Å². The number of carboxylic acids is 2. The standard InChI is InChI=1S/C17H11NO4/c19-16(20)11-6-7-14-12(8-11)13(17(21)22)9-15(18-14)10-4-2-1-3-5-10/h1-9H,(H,19,20)(H,21,22). The Kier molecular flexibility index (Phi) is 3.31. The summed E-state index contributed by atoms with van der Waals surface area (Å²) in [6, 6.07) is 15.0. The zero-order valence-corrected chi connectivity index (χ0v) is 11.4. The fourth-order valence-corrected chi connectivity index (χ4v) is 2.29. The molecular weight excluding hydrogens is 282 g/mol. The fourth-order valence-electron chi connectivity index (χ4n) is 2.29. The van der Waals surface area contributed by atoms with Gasteiger partial charge in [0.1, 0.15) is 0 Å². The maximum Gasteiger partial charge on any atom is 0.336 e. The molecule has 0 fully saturated rings. The summed E-state index contributed by atoms with van der Waals surface area (Å²) >= 11 is 0. The van der Waals surface area contributed by atoms with Gasteiger partial charge >= 0.3 is 11.9 Å². The predicted molar refractivity (Wildman–Crippen MR) is 81.1 cm³/mol. The van der Waals surface area contributed by atoms with Crippen LogP contribution in [0.15, 0.2) is 54.6 Å². The highest BCUT2D eigenvalue weighted by Gasteiger charge is 2.15. The Balaban J connectivity index is 2.30. The van der Waals surface area contributed by atoms with Gasteiger partial charge in [-0.1, -0.05) is 30.3 Å². The minimum atomic E-state index is -1.12. The van der Waals surface area contributed by atoms with Gasteiger partial charge in [0.25, 0.3) is 0 Å². The molecule has 0 aliphatic rings. The van der Waals surface area contributed by atoms with Crippen LogP contribution in [-0.2, 0) is 0 Å². The number of carboxylic acid groups (broad SMARTS) is 2. The highest BCUT2D eigenvalue weighted by Crippen LogP contribution is 2.25. The van der Waals surface area contributed by atoms with E-state index in [2.05, 4.69) is 4.98 Å². The lowest BCUT2D eigenvalue weighted by atomic mass is 10.0. The number of aromatic carboxylic acids is 2. The second-order valence-electron chi connectivity index (χ2n) is 4.76. The number of fused-ring (bicyclic) bond motifs is 1. The van der Waals surface area contributed by atoms with Gasteiger partial charge in [0.2, 0.25) is 0 Å². The van der Waals surface area contributed by atoms with Crippen molar-refractivity contribution in [1.82, 2.24) is 4.98 Å². The molecule has 0 atom stereocenters. The van der Waals surface area contributed by atoms with E-state index in [-0.39, 0.29) is 11.1 Å². The van der Waals surface area contributed by atoms with Gasteiger partial charge in [0, 0.05) is 10.9 Å². The Labute approximate surface area is 125 Å². The van der Waals surface area contributed by atoms with Crippen molar-refractivity contribution in [2.75, 3.05) is 0 Å². The number of benzene rings is 2. The molecule has 22 heavy (non-hydrogen) atoms. The van der Waals surface area contributed by atoms with Crippen molar-refractivity contribution in [2.45, 2.75) is 0 Å². The molecule has 0 bridgehead atoms. The minimum absolute atomic E-state index is 0.0317. The molecule has 3 rings (SSSR count). The summed E-state index contributed by atoms with van der Waals surface area (Å²) < 4.78 is 0. The third kappa shape index (κ3) is 2.40. The van der Waals surface area contributed by atoms with Crippen LogP contribution in [0.5, 0.6) is 0 Å². The minimum Gasteiger partial charge on any atom is -0.478 e. The largest absolute Gasteiger partial charge is 0.478 e. The first-order valence-electron chi connectivity index (χ1n) is 6.53. The number of pyridine rings is 1. The Morgan fingerprint density at radius 2 is 1.59 bits per heavy atom. The maximum absolute atomic E-state index is 11.5. The third-order valence-electron chi connectivity index (χ3n) is 3.36. The van der Waals surface area contributed by atoms with E-state index in [0.29, 0.717) is 16.6 Å². The van der Waals surface area contributed by atoms with Gasteiger partial charge in [-0.15, -0.1) is 0 Å². The normalized spacial score (nSPS) is 10.5. The maximum atomic E-state index is 11.5. The number of hydrogen-bond acceptors (Lipinski definition) is 3.